The molecule has 0 bridgehead atoms. The summed E-state index contributed by atoms with van der Waals surface area (Å²) in [5.41, 5.74) is 0. The lowest BCUT2D eigenvalue weighted by Gasteiger charge is -2.06. The monoisotopic (exact) mass is 217 g/mol. The van der Waals surface area contributed by atoms with Gasteiger partial charge in [0.15, 0.2) is 0 Å². The van der Waals surface area contributed by atoms with Crippen molar-refractivity contribution in [2.24, 2.45) is 0 Å². The number of nitrogens with one attached hydrogen (secondary N) is 1. The Morgan fingerprint density at radius 2 is 2.38 bits per heavy atom. The fraction of sp³-hybridized carbons (Fsp3) is 0.556. The van der Waals surface area contributed by atoms with Crippen LogP contribution in [0, 0.1) is 0 Å². The molecule has 4 heteroatoms. The smallest absolute Gasteiger partial charge is 0.0911 e. The lowest BCUT2D eigenvalue weighted by Crippen LogP contribution is -2.27. The first kappa shape index (κ1) is 10.9. The molecule has 0 spiro atoms. The lowest BCUT2D eigenvalue weighted by atomic mass is 10.4. The predicted octanol–water partition coefficient (Wildman–Crippen LogP) is 1.85. The van der Waals surface area contributed by atoms with Gasteiger partial charge in [0.2, 0.25) is 0 Å². The van der Waals surface area contributed by atoms with E-state index in [0.29, 0.717) is 11.8 Å². The Bertz CT molecular complexity index is 257. The number of thiophene rings is 1. The molecule has 0 saturated heterocycles. The van der Waals surface area contributed by atoms with Gasteiger partial charge >= 0.3 is 0 Å². The highest BCUT2D eigenvalue weighted by molar-refractivity contribution is 7.87. The van der Waals surface area contributed by atoms with Gasteiger partial charge in [-0.05, 0) is 11.4 Å². The van der Waals surface area contributed by atoms with Gasteiger partial charge in [0, 0.05) is 18.3 Å². The molecular formula is C9H15NOS2. The maximum atomic E-state index is 11.6. The molecule has 0 aliphatic heterocycles. The van der Waals surface area contributed by atoms with E-state index in [4.69, 9.17) is 0 Å². The predicted molar refractivity (Wildman–Crippen MR) is 58.7 cm³/mol. The maximum Gasteiger partial charge on any atom is 0.0911 e. The van der Waals surface area contributed by atoms with Crippen molar-refractivity contribution >= 4 is 22.1 Å². The fourth-order valence-electron chi connectivity index (χ4n) is 0.934. The molecule has 1 N–H and O–H groups in total. The van der Waals surface area contributed by atoms with E-state index in [1.165, 1.54) is 0 Å². The highest BCUT2D eigenvalue weighted by Gasteiger charge is 2.03. The maximum absolute atomic E-state index is 11.6. The minimum Gasteiger partial charge on any atom is -0.314 e. The third kappa shape index (κ3) is 4.02. The molecule has 1 aromatic rings. The van der Waals surface area contributed by atoms with Gasteiger partial charge in [-0.1, -0.05) is 19.9 Å². The third-order valence-electron chi connectivity index (χ3n) is 1.56. The molecule has 0 amide bonds. The second-order valence-electron chi connectivity index (χ2n) is 3.09. The van der Waals surface area contributed by atoms with Crippen molar-refractivity contribution in [3.8, 4) is 0 Å². The van der Waals surface area contributed by atoms with Crippen molar-refractivity contribution in [1.29, 1.82) is 0 Å². The molecule has 1 atom stereocenters. The first-order chi connectivity index (χ1) is 6.20. The summed E-state index contributed by atoms with van der Waals surface area (Å²) in [6, 6.07) is 4.34. The normalized spacial score (nSPS) is 13.5. The van der Waals surface area contributed by atoms with Gasteiger partial charge in [-0.2, -0.15) is 0 Å². The minimum absolute atomic E-state index is 0.473. The molecule has 2 nitrogen and oxygen atoms in total. The first-order valence-corrected chi connectivity index (χ1v) is 6.55. The minimum atomic E-state index is -0.813. The van der Waals surface area contributed by atoms with Crippen LogP contribution >= 0.6 is 11.3 Å². The summed E-state index contributed by atoms with van der Waals surface area (Å²) >= 11 is 1.56. The van der Waals surface area contributed by atoms with Crippen molar-refractivity contribution in [3.05, 3.63) is 17.5 Å². The summed E-state index contributed by atoms with van der Waals surface area (Å²) in [6.45, 7) is 5.00. The van der Waals surface area contributed by atoms with Crippen molar-refractivity contribution in [2.75, 3.05) is 12.3 Å². The molecule has 13 heavy (non-hydrogen) atoms. The molecule has 0 aromatic carbocycles. The van der Waals surface area contributed by atoms with Crippen LogP contribution in [0.25, 0.3) is 0 Å². The summed E-state index contributed by atoms with van der Waals surface area (Å²) in [5, 5.41) is 5.21. The Hall–Kier alpha value is -0.190. The Kier molecular flexibility index (Phi) is 4.62. The van der Waals surface area contributed by atoms with Gasteiger partial charge < -0.3 is 5.32 Å². The Balaban J connectivity index is 2.27. The van der Waals surface area contributed by atoms with Gasteiger partial charge in [-0.15, -0.1) is 11.3 Å². The highest BCUT2D eigenvalue weighted by atomic mass is 32.2. The van der Waals surface area contributed by atoms with Crippen LogP contribution in [0.5, 0.6) is 0 Å². The quantitative estimate of drug-likeness (QED) is 0.815. The van der Waals surface area contributed by atoms with E-state index >= 15 is 0 Å². The van der Waals surface area contributed by atoms with Crippen LogP contribution in [-0.4, -0.2) is 22.5 Å². The van der Waals surface area contributed by atoms with Crippen LogP contribution in [0.2, 0.25) is 0 Å². The summed E-state index contributed by atoms with van der Waals surface area (Å²) < 4.78 is 12.5. The standard InChI is InChI=1S/C9H15NOS2/c1-8(2)10-5-7-13(11)9-4-3-6-12-9/h3-4,6,8,10H,5,7H2,1-2H3. The van der Waals surface area contributed by atoms with Crippen LogP contribution in [0.4, 0.5) is 0 Å². The zero-order valence-corrected chi connectivity index (χ0v) is 9.58. The molecule has 1 unspecified atom stereocenters. The van der Waals surface area contributed by atoms with E-state index in [1.54, 1.807) is 11.3 Å². The Morgan fingerprint density at radius 3 is 2.92 bits per heavy atom. The van der Waals surface area contributed by atoms with Crippen molar-refractivity contribution < 1.29 is 4.21 Å². The molecule has 1 aromatic heterocycles. The summed E-state index contributed by atoms with van der Waals surface area (Å²) in [5.74, 6) is 0.707. The van der Waals surface area contributed by atoms with Crippen LogP contribution in [0.1, 0.15) is 13.8 Å². The van der Waals surface area contributed by atoms with Gasteiger partial charge in [-0.25, -0.2) is 0 Å². The van der Waals surface area contributed by atoms with Crippen molar-refractivity contribution in [2.45, 2.75) is 24.1 Å². The molecule has 74 valence electrons. The highest BCUT2D eigenvalue weighted by Crippen LogP contribution is 2.13. The lowest BCUT2D eigenvalue weighted by molar-refractivity contribution is 0.610. The summed E-state index contributed by atoms with van der Waals surface area (Å²) in [4.78, 5) is 0. The summed E-state index contributed by atoms with van der Waals surface area (Å²) in [6.07, 6.45) is 0. The largest absolute Gasteiger partial charge is 0.314 e. The van der Waals surface area contributed by atoms with Gasteiger partial charge in [-0.3, -0.25) is 4.21 Å². The molecule has 1 heterocycles. The van der Waals surface area contributed by atoms with E-state index in [1.807, 2.05) is 17.5 Å². The van der Waals surface area contributed by atoms with Crippen LogP contribution in [-0.2, 0) is 10.8 Å². The molecular weight excluding hydrogens is 202 g/mol. The van der Waals surface area contributed by atoms with E-state index < -0.39 is 10.8 Å². The number of rotatable bonds is 5. The molecule has 1 rings (SSSR count). The molecule has 0 radical (unpaired) electrons. The van der Waals surface area contributed by atoms with Crippen LogP contribution < -0.4 is 5.32 Å². The van der Waals surface area contributed by atoms with Gasteiger partial charge in [0.05, 0.1) is 15.0 Å². The van der Waals surface area contributed by atoms with Crippen LogP contribution in [0.15, 0.2) is 21.7 Å². The second kappa shape index (κ2) is 5.52. The number of hydrogen-bond acceptors (Lipinski definition) is 3. The average Bonchev–Trinajstić information content (AvgIpc) is 2.55. The molecule has 0 fully saturated rings. The average molecular weight is 217 g/mol. The SMILES string of the molecule is CC(C)NCCS(=O)c1cccs1. The first-order valence-electron chi connectivity index (χ1n) is 4.35. The third-order valence-corrected chi connectivity index (χ3v) is 4.23. The van der Waals surface area contributed by atoms with Crippen molar-refractivity contribution in [1.82, 2.24) is 5.32 Å². The zero-order chi connectivity index (χ0) is 9.68. The molecule has 0 aliphatic rings. The van der Waals surface area contributed by atoms with Crippen LogP contribution in [0.3, 0.4) is 0 Å². The van der Waals surface area contributed by atoms with E-state index in [9.17, 15) is 4.21 Å². The van der Waals surface area contributed by atoms with Crippen molar-refractivity contribution in [3.63, 3.8) is 0 Å². The van der Waals surface area contributed by atoms with E-state index in [0.717, 1.165) is 10.8 Å². The summed E-state index contributed by atoms with van der Waals surface area (Å²) in [7, 11) is -0.813. The molecule has 0 aliphatic carbocycles. The van der Waals surface area contributed by atoms with E-state index in [2.05, 4.69) is 19.2 Å². The van der Waals surface area contributed by atoms with E-state index in [-0.39, 0.29) is 0 Å². The second-order valence-corrected chi connectivity index (χ2v) is 5.84. The Morgan fingerprint density at radius 1 is 1.62 bits per heavy atom. The topological polar surface area (TPSA) is 29.1 Å². The molecule has 0 saturated carbocycles. The van der Waals surface area contributed by atoms with Gasteiger partial charge in [0.25, 0.3) is 0 Å². The van der Waals surface area contributed by atoms with Gasteiger partial charge in [0.1, 0.15) is 0 Å². The Labute approximate surface area is 85.8 Å². The fourth-order valence-corrected chi connectivity index (χ4v) is 2.96. The number of hydrogen-bond donors (Lipinski definition) is 1. The zero-order valence-electron chi connectivity index (χ0n) is 7.95.